The number of hydrogen-bond donors (Lipinski definition) is 0. The maximum absolute atomic E-state index is 4.11. The second-order valence-corrected chi connectivity index (χ2v) is 10.3. The van der Waals surface area contributed by atoms with Gasteiger partial charge in [0.25, 0.3) is 0 Å². The van der Waals surface area contributed by atoms with Crippen molar-refractivity contribution in [2.24, 2.45) is 23.2 Å². The van der Waals surface area contributed by atoms with Crippen molar-refractivity contribution in [2.75, 3.05) is 0 Å². The Kier molecular flexibility index (Phi) is 3.21. The van der Waals surface area contributed by atoms with E-state index in [1.807, 2.05) is 11.3 Å². The minimum atomic E-state index is 0.575. The van der Waals surface area contributed by atoms with Crippen LogP contribution >= 0.6 is 43.2 Å². The van der Waals surface area contributed by atoms with Gasteiger partial charge in [0.1, 0.15) is 0 Å². The van der Waals surface area contributed by atoms with Crippen LogP contribution in [-0.4, -0.2) is 0 Å². The Morgan fingerprint density at radius 3 is 2.11 bits per heavy atom. The first-order valence-corrected chi connectivity index (χ1v) is 9.98. The molecular formula is C16H20Br2S. The van der Waals surface area contributed by atoms with E-state index in [1.165, 1.54) is 47.9 Å². The summed E-state index contributed by atoms with van der Waals surface area (Å²) in [7, 11) is 0. The van der Waals surface area contributed by atoms with Gasteiger partial charge in [-0.3, -0.25) is 0 Å². The van der Waals surface area contributed by atoms with Gasteiger partial charge in [-0.25, -0.2) is 0 Å². The Balaban J connectivity index is 1.67. The summed E-state index contributed by atoms with van der Waals surface area (Å²) in [5.74, 6) is 3.11. The van der Waals surface area contributed by atoms with Crippen molar-refractivity contribution in [3.63, 3.8) is 0 Å². The van der Waals surface area contributed by atoms with E-state index in [-0.39, 0.29) is 0 Å². The van der Waals surface area contributed by atoms with Gasteiger partial charge in [-0.1, -0.05) is 15.9 Å². The second kappa shape index (κ2) is 4.58. The van der Waals surface area contributed by atoms with Gasteiger partial charge in [0.15, 0.2) is 0 Å². The Morgan fingerprint density at radius 2 is 1.68 bits per heavy atom. The summed E-state index contributed by atoms with van der Waals surface area (Å²) in [6, 6.07) is 2.36. The molecule has 1 atom stereocenters. The lowest BCUT2D eigenvalue weighted by atomic mass is 9.49. The molecule has 0 radical (unpaired) electrons. The van der Waals surface area contributed by atoms with Crippen molar-refractivity contribution in [1.82, 2.24) is 0 Å². The SMILES string of the molecule is Cc1sc(C(Br)C23CC4CC(CC(C4)C2)C3)cc1Br. The van der Waals surface area contributed by atoms with E-state index in [9.17, 15) is 0 Å². The molecule has 1 heterocycles. The highest BCUT2D eigenvalue weighted by Crippen LogP contribution is 2.66. The van der Waals surface area contributed by atoms with E-state index in [0.29, 0.717) is 10.2 Å². The molecule has 4 aliphatic carbocycles. The van der Waals surface area contributed by atoms with Crippen molar-refractivity contribution in [3.05, 3.63) is 20.3 Å². The van der Waals surface area contributed by atoms with E-state index in [4.69, 9.17) is 0 Å². The van der Waals surface area contributed by atoms with E-state index >= 15 is 0 Å². The Labute approximate surface area is 136 Å². The fraction of sp³-hybridized carbons (Fsp3) is 0.750. The molecule has 0 N–H and O–H groups in total. The van der Waals surface area contributed by atoms with Crippen LogP contribution in [0.15, 0.2) is 10.5 Å². The van der Waals surface area contributed by atoms with Gasteiger partial charge in [-0.2, -0.15) is 0 Å². The van der Waals surface area contributed by atoms with Crippen molar-refractivity contribution >= 4 is 43.2 Å². The monoisotopic (exact) mass is 402 g/mol. The molecule has 4 fully saturated rings. The minimum Gasteiger partial charge on any atom is -0.143 e. The zero-order chi connectivity index (χ0) is 13.2. The average molecular weight is 404 g/mol. The number of rotatable bonds is 2. The smallest absolute Gasteiger partial charge is 0.0546 e. The molecule has 0 saturated heterocycles. The molecule has 4 aliphatic rings. The highest BCUT2D eigenvalue weighted by atomic mass is 79.9. The van der Waals surface area contributed by atoms with Crippen molar-refractivity contribution < 1.29 is 0 Å². The summed E-state index contributed by atoms with van der Waals surface area (Å²) in [5, 5.41) is 0. The fourth-order valence-corrected chi connectivity index (χ4v) is 8.05. The van der Waals surface area contributed by atoms with Gasteiger partial charge in [0, 0.05) is 14.2 Å². The summed E-state index contributed by atoms with van der Waals surface area (Å²) in [6.45, 7) is 2.22. The molecule has 0 spiro atoms. The topological polar surface area (TPSA) is 0 Å². The molecule has 1 aromatic heterocycles. The van der Waals surface area contributed by atoms with Crippen LogP contribution in [0.4, 0.5) is 0 Å². The van der Waals surface area contributed by atoms with E-state index in [1.54, 1.807) is 4.88 Å². The van der Waals surface area contributed by atoms with Crippen LogP contribution < -0.4 is 0 Å². The third-order valence-corrected chi connectivity index (χ3v) is 9.72. The normalized spacial score (nSPS) is 41.7. The summed E-state index contributed by atoms with van der Waals surface area (Å²) in [4.78, 5) is 3.55. The van der Waals surface area contributed by atoms with Crippen molar-refractivity contribution in [3.8, 4) is 0 Å². The lowest BCUT2D eigenvalue weighted by Crippen LogP contribution is -2.47. The van der Waals surface area contributed by atoms with Crippen LogP contribution in [0.5, 0.6) is 0 Å². The van der Waals surface area contributed by atoms with Crippen LogP contribution in [0.3, 0.4) is 0 Å². The Morgan fingerprint density at radius 1 is 1.16 bits per heavy atom. The average Bonchev–Trinajstić information content (AvgIpc) is 2.67. The molecule has 0 aliphatic heterocycles. The van der Waals surface area contributed by atoms with E-state index in [2.05, 4.69) is 44.8 Å². The predicted octanol–water partition coefficient (Wildman–Crippen LogP) is 6.47. The first-order valence-electron chi connectivity index (χ1n) is 7.46. The lowest BCUT2D eigenvalue weighted by Gasteiger charge is -2.58. The molecule has 104 valence electrons. The van der Waals surface area contributed by atoms with Gasteiger partial charge < -0.3 is 0 Å². The predicted molar refractivity (Wildman–Crippen MR) is 89.0 cm³/mol. The molecular weight excluding hydrogens is 384 g/mol. The molecule has 4 bridgehead atoms. The first kappa shape index (κ1) is 13.3. The minimum absolute atomic E-state index is 0.575. The van der Waals surface area contributed by atoms with Gasteiger partial charge in [0.05, 0.1) is 4.83 Å². The number of thiophene rings is 1. The third-order valence-electron chi connectivity index (χ3n) is 5.75. The number of alkyl halides is 1. The van der Waals surface area contributed by atoms with Crippen LogP contribution in [-0.2, 0) is 0 Å². The molecule has 0 aromatic carbocycles. The third kappa shape index (κ3) is 2.10. The highest BCUT2D eigenvalue weighted by Gasteiger charge is 2.54. The number of aryl methyl sites for hydroxylation is 1. The molecule has 5 rings (SSSR count). The lowest BCUT2D eigenvalue weighted by molar-refractivity contribution is -0.0524. The number of hydrogen-bond acceptors (Lipinski definition) is 1. The van der Waals surface area contributed by atoms with Crippen molar-refractivity contribution in [1.29, 1.82) is 0 Å². The van der Waals surface area contributed by atoms with E-state index < -0.39 is 0 Å². The standard InChI is InChI=1S/C16H20Br2S/c1-9-13(17)5-14(19-9)15(18)16-6-10-2-11(7-16)4-12(3-10)8-16/h5,10-12,15H,2-4,6-8H2,1H3. The molecule has 0 nitrogen and oxygen atoms in total. The van der Waals surface area contributed by atoms with Gasteiger partial charge >= 0.3 is 0 Å². The van der Waals surface area contributed by atoms with Gasteiger partial charge in [-0.05, 0) is 90.6 Å². The maximum Gasteiger partial charge on any atom is 0.0546 e. The number of halogens is 2. The zero-order valence-electron chi connectivity index (χ0n) is 11.3. The molecule has 3 heteroatoms. The summed E-state index contributed by atoms with van der Waals surface area (Å²) >= 11 is 9.77. The fourth-order valence-electron chi connectivity index (χ4n) is 5.40. The first-order chi connectivity index (χ1) is 9.06. The van der Waals surface area contributed by atoms with Gasteiger partial charge in [0.2, 0.25) is 0 Å². The maximum atomic E-state index is 4.11. The molecule has 19 heavy (non-hydrogen) atoms. The Bertz CT molecular complexity index is 450. The quantitative estimate of drug-likeness (QED) is 0.496. The molecule has 4 saturated carbocycles. The summed E-state index contributed by atoms with van der Waals surface area (Å²) in [6.07, 6.45) is 9.03. The van der Waals surface area contributed by atoms with Crippen molar-refractivity contribution in [2.45, 2.75) is 50.3 Å². The molecule has 1 unspecified atom stereocenters. The van der Waals surface area contributed by atoms with Crippen LogP contribution in [0.1, 0.15) is 53.1 Å². The molecule has 1 aromatic rings. The summed E-state index contributed by atoms with van der Waals surface area (Å²) < 4.78 is 1.29. The van der Waals surface area contributed by atoms with E-state index in [0.717, 1.165) is 17.8 Å². The molecule has 0 amide bonds. The zero-order valence-corrected chi connectivity index (χ0v) is 15.3. The highest BCUT2D eigenvalue weighted by molar-refractivity contribution is 9.10. The van der Waals surface area contributed by atoms with Crippen LogP contribution in [0.2, 0.25) is 0 Å². The van der Waals surface area contributed by atoms with Gasteiger partial charge in [-0.15, -0.1) is 11.3 Å². The van der Waals surface area contributed by atoms with Crippen LogP contribution in [0, 0.1) is 30.1 Å². The largest absolute Gasteiger partial charge is 0.143 e. The Hall–Kier alpha value is 0.660. The second-order valence-electron chi connectivity index (χ2n) is 7.20. The van der Waals surface area contributed by atoms with Crippen LogP contribution in [0.25, 0.3) is 0 Å². The summed E-state index contributed by atoms with van der Waals surface area (Å²) in [5.41, 5.74) is 0.575.